The van der Waals surface area contributed by atoms with E-state index >= 15 is 0 Å². The van der Waals surface area contributed by atoms with E-state index in [2.05, 4.69) is 32.7 Å². The van der Waals surface area contributed by atoms with Gasteiger partial charge in [-0.3, -0.25) is 9.59 Å². The molecule has 1 aromatic heterocycles. The summed E-state index contributed by atoms with van der Waals surface area (Å²) in [5.41, 5.74) is 0.529. The van der Waals surface area contributed by atoms with Crippen molar-refractivity contribution in [3.63, 3.8) is 0 Å². The Morgan fingerprint density at radius 1 is 1.63 bits per heavy atom. The number of hydrogen-bond acceptors (Lipinski definition) is 5. The van der Waals surface area contributed by atoms with Gasteiger partial charge in [0.2, 0.25) is 0 Å². The zero-order chi connectivity index (χ0) is 14.4. The molecule has 0 aliphatic heterocycles. The number of esters is 1. The third kappa shape index (κ3) is 4.34. The first-order valence-corrected chi connectivity index (χ1v) is 6.91. The highest BCUT2D eigenvalue weighted by atomic mass is 79.9. The van der Waals surface area contributed by atoms with Crippen molar-refractivity contribution in [2.24, 2.45) is 0 Å². The SMILES string of the molecule is CCCN(C)c1cnn(CC(Br)C(=O)OC)c(=O)c1. The maximum absolute atomic E-state index is 11.9. The van der Waals surface area contributed by atoms with Gasteiger partial charge < -0.3 is 9.64 Å². The molecule has 1 rings (SSSR count). The first-order chi connectivity index (χ1) is 8.99. The van der Waals surface area contributed by atoms with E-state index in [1.165, 1.54) is 17.9 Å². The Morgan fingerprint density at radius 3 is 2.84 bits per heavy atom. The predicted molar refractivity (Wildman–Crippen MR) is 76.8 cm³/mol. The summed E-state index contributed by atoms with van der Waals surface area (Å²) < 4.78 is 5.82. The number of rotatable bonds is 6. The van der Waals surface area contributed by atoms with Crippen molar-refractivity contribution in [1.29, 1.82) is 0 Å². The lowest BCUT2D eigenvalue weighted by Gasteiger charge is -2.18. The van der Waals surface area contributed by atoms with Crippen LogP contribution in [0.15, 0.2) is 17.1 Å². The van der Waals surface area contributed by atoms with Crippen LogP contribution in [0.3, 0.4) is 0 Å². The lowest BCUT2D eigenvalue weighted by atomic mass is 10.3. The van der Waals surface area contributed by atoms with Crippen LogP contribution < -0.4 is 10.5 Å². The van der Waals surface area contributed by atoms with Crippen LogP contribution in [0, 0.1) is 0 Å². The number of ether oxygens (including phenoxy) is 1. The van der Waals surface area contributed by atoms with E-state index in [-0.39, 0.29) is 12.1 Å². The minimum absolute atomic E-state index is 0.142. The number of methoxy groups -OCH3 is 1. The molecule has 0 fully saturated rings. The standard InChI is InChI=1S/C12H18BrN3O3/c1-4-5-15(2)9-6-11(17)16(14-7-9)8-10(13)12(18)19-3/h6-7,10H,4-5,8H2,1-3H3. The van der Waals surface area contributed by atoms with Gasteiger partial charge in [0.1, 0.15) is 4.83 Å². The number of halogens is 1. The van der Waals surface area contributed by atoms with Crippen LogP contribution in [0.25, 0.3) is 0 Å². The molecule has 0 radical (unpaired) electrons. The van der Waals surface area contributed by atoms with Crippen molar-refractivity contribution < 1.29 is 9.53 Å². The molecule has 0 N–H and O–H groups in total. The van der Waals surface area contributed by atoms with Crippen LogP contribution in [0.2, 0.25) is 0 Å². The van der Waals surface area contributed by atoms with E-state index in [9.17, 15) is 9.59 Å². The summed E-state index contributed by atoms with van der Waals surface area (Å²) in [5.74, 6) is -0.430. The van der Waals surface area contributed by atoms with Gasteiger partial charge in [-0.1, -0.05) is 22.9 Å². The number of hydrogen-bond donors (Lipinski definition) is 0. The maximum Gasteiger partial charge on any atom is 0.321 e. The van der Waals surface area contributed by atoms with Crippen molar-refractivity contribution in [2.75, 3.05) is 25.6 Å². The molecule has 1 unspecified atom stereocenters. The third-order valence-corrected chi connectivity index (χ3v) is 3.31. The Balaban J connectivity index is 2.83. The molecule has 106 valence electrons. The molecule has 0 bridgehead atoms. The Kier molecular flexibility index (Phi) is 6.01. The number of anilines is 1. The molecule has 1 atom stereocenters. The zero-order valence-electron chi connectivity index (χ0n) is 11.3. The summed E-state index contributed by atoms with van der Waals surface area (Å²) in [7, 11) is 3.21. The van der Waals surface area contributed by atoms with Crippen LogP contribution >= 0.6 is 15.9 Å². The molecule has 0 saturated heterocycles. The number of aromatic nitrogens is 2. The molecule has 0 aliphatic carbocycles. The number of carbonyl (C=O) groups excluding carboxylic acids is 1. The molecule has 19 heavy (non-hydrogen) atoms. The van der Waals surface area contributed by atoms with Gasteiger partial charge in [0.05, 0.1) is 25.5 Å². The normalized spacial score (nSPS) is 12.0. The summed E-state index contributed by atoms with van der Waals surface area (Å²) in [4.78, 5) is 24.5. The van der Waals surface area contributed by atoms with Crippen molar-refractivity contribution in [1.82, 2.24) is 9.78 Å². The van der Waals surface area contributed by atoms with Crippen LogP contribution in [0.4, 0.5) is 5.69 Å². The Morgan fingerprint density at radius 2 is 2.32 bits per heavy atom. The fraction of sp³-hybridized carbons (Fsp3) is 0.583. The fourth-order valence-corrected chi connectivity index (χ4v) is 2.05. The van der Waals surface area contributed by atoms with Crippen LogP contribution in [0.1, 0.15) is 13.3 Å². The van der Waals surface area contributed by atoms with Crippen LogP contribution in [-0.4, -0.2) is 41.3 Å². The molecule has 7 heteroatoms. The summed E-state index contributed by atoms with van der Waals surface area (Å²) in [6, 6.07) is 1.51. The van der Waals surface area contributed by atoms with Gasteiger partial charge in [-0.2, -0.15) is 5.10 Å². The summed E-state index contributed by atoms with van der Waals surface area (Å²) >= 11 is 3.16. The van der Waals surface area contributed by atoms with Gasteiger partial charge in [-0.25, -0.2) is 4.68 Å². The third-order valence-electron chi connectivity index (χ3n) is 2.65. The highest BCUT2D eigenvalue weighted by Crippen LogP contribution is 2.08. The molecule has 0 aliphatic rings. The molecule has 0 aromatic carbocycles. The zero-order valence-corrected chi connectivity index (χ0v) is 12.9. The average Bonchev–Trinajstić information content (AvgIpc) is 2.40. The number of alkyl halides is 1. The quantitative estimate of drug-likeness (QED) is 0.575. The van der Waals surface area contributed by atoms with E-state index < -0.39 is 10.8 Å². The largest absolute Gasteiger partial charge is 0.468 e. The topological polar surface area (TPSA) is 64.4 Å². The van der Waals surface area contributed by atoms with Crippen LogP contribution in [-0.2, 0) is 16.1 Å². The minimum Gasteiger partial charge on any atom is -0.468 e. The minimum atomic E-state index is -0.582. The van der Waals surface area contributed by atoms with Crippen LogP contribution in [0.5, 0.6) is 0 Å². The van der Waals surface area contributed by atoms with Gasteiger partial charge in [0.25, 0.3) is 5.56 Å². The summed E-state index contributed by atoms with van der Waals surface area (Å²) in [6.45, 7) is 3.06. The summed E-state index contributed by atoms with van der Waals surface area (Å²) in [5, 5.41) is 4.06. The van der Waals surface area contributed by atoms with Crippen molar-refractivity contribution in [3.05, 3.63) is 22.6 Å². The highest BCUT2D eigenvalue weighted by Gasteiger charge is 2.17. The molecular weight excluding hydrogens is 314 g/mol. The van der Waals surface area contributed by atoms with Gasteiger partial charge in [0, 0.05) is 19.7 Å². The van der Waals surface area contributed by atoms with E-state index in [1.54, 1.807) is 6.20 Å². The van der Waals surface area contributed by atoms with Gasteiger partial charge in [0.15, 0.2) is 0 Å². The molecule has 0 spiro atoms. The second-order valence-corrected chi connectivity index (χ2v) is 5.25. The van der Waals surface area contributed by atoms with E-state index in [0.29, 0.717) is 0 Å². The Hall–Kier alpha value is -1.37. The smallest absolute Gasteiger partial charge is 0.321 e. The molecule has 1 heterocycles. The average molecular weight is 332 g/mol. The second kappa shape index (κ2) is 7.28. The second-order valence-electron chi connectivity index (χ2n) is 4.15. The predicted octanol–water partition coefficient (Wildman–Crippen LogP) is 1.03. The first-order valence-electron chi connectivity index (χ1n) is 5.99. The first kappa shape index (κ1) is 15.7. The van der Waals surface area contributed by atoms with Crippen molar-refractivity contribution in [3.8, 4) is 0 Å². The van der Waals surface area contributed by atoms with E-state index in [0.717, 1.165) is 18.7 Å². The monoisotopic (exact) mass is 331 g/mol. The molecule has 6 nitrogen and oxygen atoms in total. The van der Waals surface area contributed by atoms with Gasteiger partial charge in [-0.05, 0) is 6.42 Å². The lowest BCUT2D eigenvalue weighted by Crippen LogP contribution is -2.31. The number of nitrogens with zero attached hydrogens (tertiary/aromatic N) is 3. The van der Waals surface area contributed by atoms with Gasteiger partial charge >= 0.3 is 5.97 Å². The lowest BCUT2D eigenvalue weighted by molar-refractivity contribution is -0.140. The molecular formula is C12H18BrN3O3. The van der Waals surface area contributed by atoms with E-state index in [1.807, 2.05) is 11.9 Å². The van der Waals surface area contributed by atoms with Crippen molar-refractivity contribution >= 4 is 27.6 Å². The highest BCUT2D eigenvalue weighted by molar-refractivity contribution is 9.10. The Bertz CT molecular complexity index is 489. The molecule has 0 amide bonds. The van der Waals surface area contributed by atoms with Crippen molar-refractivity contribution in [2.45, 2.75) is 24.7 Å². The van der Waals surface area contributed by atoms with E-state index in [4.69, 9.17) is 0 Å². The molecule has 1 aromatic rings. The molecule has 0 saturated carbocycles. The number of carbonyl (C=O) groups is 1. The maximum atomic E-state index is 11.9. The summed E-state index contributed by atoms with van der Waals surface area (Å²) in [6.07, 6.45) is 2.61. The Labute approximate surface area is 120 Å². The van der Waals surface area contributed by atoms with Gasteiger partial charge in [-0.15, -0.1) is 0 Å². The fourth-order valence-electron chi connectivity index (χ4n) is 1.59.